The topological polar surface area (TPSA) is 21.5 Å². The molecule has 9 heavy (non-hydrogen) atoms. The van der Waals surface area contributed by atoms with E-state index in [-0.39, 0.29) is 0 Å². The van der Waals surface area contributed by atoms with Gasteiger partial charge in [-0.3, -0.25) is 4.79 Å². The molecule has 2 heteroatoms. The van der Waals surface area contributed by atoms with E-state index in [1.54, 1.807) is 4.90 Å². The van der Waals surface area contributed by atoms with E-state index < -0.39 is 0 Å². The highest BCUT2D eigenvalue weighted by atomic mass is 16.1. The number of Topliss-reactive ketones (excluding diaryl/α,β-unsaturated/α-hetero) is 1. The molecule has 1 fully saturated rings. The second-order valence-corrected chi connectivity index (χ2v) is 2.64. The van der Waals surface area contributed by atoms with Gasteiger partial charge >= 0.3 is 0 Å². The van der Waals surface area contributed by atoms with Gasteiger partial charge in [-0.2, -0.15) is 0 Å². The molecular formula is C7H14NO+. The Morgan fingerprint density at radius 2 is 2.00 bits per heavy atom. The fourth-order valence-electron chi connectivity index (χ4n) is 1.24. The maximum atomic E-state index is 10.7. The number of hydrogen-bond donors (Lipinski definition) is 1. The highest BCUT2D eigenvalue weighted by Crippen LogP contribution is 1.88. The average molecular weight is 128 g/mol. The molecule has 0 radical (unpaired) electrons. The molecule has 1 N–H and O–H groups in total. The van der Waals surface area contributed by atoms with Crippen LogP contribution in [0.5, 0.6) is 0 Å². The zero-order valence-corrected chi connectivity index (χ0v) is 5.94. The molecule has 0 aromatic heterocycles. The molecule has 0 unspecified atom stereocenters. The van der Waals surface area contributed by atoms with Crippen LogP contribution in [0.4, 0.5) is 0 Å². The summed E-state index contributed by atoms with van der Waals surface area (Å²) in [6, 6.07) is 0. The van der Waals surface area contributed by atoms with Crippen molar-refractivity contribution in [3.63, 3.8) is 0 Å². The summed E-state index contributed by atoms with van der Waals surface area (Å²) in [5.41, 5.74) is 0. The summed E-state index contributed by atoms with van der Waals surface area (Å²) in [6.45, 7) is 5.48. The van der Waals surface area contributed by atoms with Crippen LogP contribution in [0.25, 0.3) is 0 Å². The van der Waals surface area contributed by atoms with Crippen molar-refractivity contribution >= 4 is 5.78 Å². The second-order valence-electron chi connectivity index (χ2n) is 2.64. The van der Waals surface area contributed by atoms with Crippen LogP contribution in [-0.4, -0.2) is 25.4 Å². The first-order valence-corrected chi connectivity index (χ1v) is 3.68. The molecule has 0 bridgehead atoms. The van der Waals surface area contributed by atoms with Crippen LogP contribution >= 0.6 is 0 Å². The molecule has 1 aliphatic heterocycles. The lowest BCUT2D eigenvalue weighted by molar-refractivity contribution is -0.899. The Bertz CT molecular complexity index is 101. The summed E-state index contributed by atoms with van der Waals surface area (Å²) in [5, 5.41) is 0. The number of nitrogens with one attached hydrogen (secondary N) is 1. The maximum absolute atomic E-state index is 10.7. The largest absolute Gasteiger partial charge is 0.334 e. The van der Waals surface area contributed by atoms with E-state index in [1.165, 1.54) is 6.54 Å². The van der Waals surface area contributed by atoms with Crippen molar-refractivity contribution in [3.05, 3.63) is 0 Å². The van der Waals surface area contributed by atoms with Gasteiger partial charge in [0.2, 0.25) is 0 Å². The van der Waals surface area contributed by atoms with E-state index in [0.29, 0.717) is 5.78 Å². The average Bonchev–Trinajstić information content (AvgIpc) is 1.90. The van der Waals surface area contributed by atoms with Crippen molar-refractivity contribution in [2.75, 3.05) is 19.6 Å². The Hall–Kier alpha value is -0.370. The summed E-state index contributed by atoms with van der Waals surface area (Å²) in [5.74, 6) is 0.451. The van der Waals surface area contributed by atoms with Gasteiger partial charge in [0.05, 0.1) is 32.5 Å². The molecule has 0 amide bonds. The lowest BCUT2D eigenvalue weighted by Gasteiger charge is -2.20. The number of quaternary nitrogens is 1. The lowest BCUT2D eigenvalue weighted by Crippen LogP contribution is -3.12. The third kappa shape index (κ3) is 1.79. The van der Waals surface area contributed by atoms with Crippen molar-refractivity contribution in [1.82, 2.24) is 0 Å². The predicted molar refractivity (Wildman–Crippen MR) is 35.5 cm³/mol. The van der Waals surface area contributed by atoms with Gasteiger partial charge in [0.1, 0.15) is 5.78 Å². The molecule has 1 aliphatic rings. The smallest absolute Gasteiger partial charge is 0.144 e. The third-order valence-electron chi connectivity index (χ3n) is 2.01. The Morgan fingerprint density at radius 1 is 1.44 bits per heavy atom. The van der Waals surface area contributed by atoms with Crippen molar-refractivity contribution in [2.45, 2.75) is 19.8 Å². The molecule has 0 aromatic rings. The van der Waals surface area contributed by atoms with E-state index in [0.717, 1.165) is 25.9 Å². The van der Waals surface area contributed by atoms with E-state index in [1.807, 2.05) is 0 Å². The van der Waals surface area contributed by atoms with E-state index in [9.17, 15) is 4.79 Å². The fourth-order valence-corrected chi connectivity index (χ4v) is 1.24. The summed E-state index contributed by atoms with van der Waals surface area (Å²) in [4.78, 5) is 12.3. The SMILES string of the molecule is CC[NH+]1CCC(=O)CC1. The van der Waals surface area contributed by atoms with Gasteiger partial charge < -0.3 is 4.90 Å². The number of rotatable bonds is 1. The number of ketones is 1. The molecule has 0 spiro atoms. The molecule has 1 heterocycles. The minimum atomic E-state index is 0.451. The van der Waals surface area contributed by atoms with Crippen LogP contribution in [0, 0.1) is 0 Å². The first kappa shape index (κ1) is 6.75. The molecule has 2 nitrogen and oxygen atoms in total. The van der Waals surface area contributed by atoms with Gasteiger partial charge in [0.15, 0.2) is 0 Å². The van der Waals surface area contributed by atoms with Gasteiger partial charge in [-0.15, -0.1) is 0 Å². The van der Waals surface area contributed by atoms with E-state index in [4.69, 9.17) is 0 Å². The fraction of sp³-hybridized carbons (Fsp3) is 0.857. The Morgan fingerprint density at radius 3 is 2.44 bits per heavy atom. The number of hydrogen-bond acceptors (Lipinski definition) is 1. The first-order valence-electron chi connectivity index (χ1n) is 3.68. The second kappa shape index (κ2) is 2.97. The molecular weight excluding hydrogens is 114 g/mol. The maximum Gasteiger partial charge on any atom is 0.144 e. The van der Waals surface area contributed by atoms with Gasteiger partial charge in [-0.1, -0.05) is 0 Å². The highest BCUT2D eigenvalue weighted by molar-refractivity contribution is 5.78. The number of carbonyl (C=O) groups excluding carboxylic acids is 1. The number of likely N-dealkylation sites (tertiary alicyclic amines) is 1. The van der Waals surface area contributed by atoms with Crippen molar-refractivity contribution in [3.8, 4) is 0 Å². The van der Waals surface area contributed by atoms with Gasteiger partial charge in [-0.25, -0.2) is 0 Å². The minimum absolute atomic E-state index is 0.451. The number of piperidine rings is 1. The predicted octanol–water partition coefficient (Wildman–Crippen LogP) is -0.746. The molecule has 0 saturated carbocycles. The van der Waals surface area contributed by atoms with E-state index >= 15 is 0 Å². The molecule has 1 rings (SSSR count). The van der Waals surface area contributed by atoms with Crippen LogP contribution in [-0.2, 0) is 4.79 Å². The van der Waals surface area contributed by atoms with Crippen LogP contribution in [0.3, 0.4) is 0 Å². The Balaban J connectivity index is 2.26. The van der Waals surface area contributed by atoms with Crippen LogP contribution in [0.1, 0.15) is 19.8 Å². The normalized spacial score (nSPS) is 22.6. The molecule has 0 atom stereocenters. The third-order valence-corrected chi connectivity index (χ3v) is 2.01. The highest BCUT2D eigenvalue weighted by Gasteiger charge is 2.16. The summed E-state index contributed by atoms with van der Waals surface area (Å²) in [6.07, 6.45) is 1.62. The molecule has 0 aromatic carbocycles. The first-order chi connectivity index (χ1) is 4.33. The zero-order chi connectivity index (χ0) is 6.69. The standard InChI is InChI=1S/C7H13NO/c1-2-8-5-3-7(9)4-6-8/h2-6H2,1H3/p+1. The van der Waals surface area contributed by atoms with Crippen LogP contribution < -0.4 is 4.90 Å². The lowest BCUT2D eigenvalue weighted by atomic mass is 10.1. The van der Waals surface area contributed by atoms with Gasteiger partial charge in [0.25, 0.3) is 0 Å². The van der Waals surface area contributed by atoms with Crippen molar-refractivity contribution < 1.29 is 9.69 Å². The van der Waals surface area contributed by atoms with Crippen molar-refractivity contribution in [1.29, 1.82) is 0 Å². The monoisotopic (exact) mass is 128 g/mol. The summed E-state index contributed by atoms with van der Waals surface area (Å²) < 4.78 is 0. The quantitative estimate of drug-likeness (QED) is 0.493. The zero-order valence-electron chi connectivity index (χ0n) is 5.94. The minimum Gasteiger partial charge on any atom is -0.334 e. The van der Waals surface area contributed by atoms with Gasteiger partial charge in [-0.05, 0) is 6.92 Å². The Kier molecular flexibility index (Phi) is 2.22. The van der Waals surface area contributed by atoms with Crippen LogP contribution in [0.2, 0.25) is 0 Å². The van der Waals surface area contributed by atoms with E-state index in [2.05, 4.69) is 6.92 Å². The molecule has 0 aliphatic carbocycles. The molecule has 52 valence electrons. The van der Waals surface area contributed by atoms with Gasteiger partial charge in [0, 0.05) is 0 Å². The number of carbonyl (C=O) groups is 1. The summed E-state index contributed by atoms with van der Waals surface area (Å²) >= 11 is 0. The molecule has 1 saturated heterocycles. The Labute approximate surface area is 55.8 Å². The van der Waals surface area contributed by atoms with Crippen LogP contribution in [0.15, 0.2) is 0 Å². The van der Waals surface area contributed by atoms with Crippen molar-refractivity contribution in [2.24, 2.45) is 0 Å². The summed E-state index contributed by atoms with van der Waals surface area (Å²) in [7, 11) is 0.